The minimum absolute atomic E-state index is 0. The van der Waals surface area contributed by atoms with Crippen LogP contribution in [0.15, 0.2) is 33.7 Å². The number of aromatic nitrogens is 2. The summed E-state index contributed by atoms with van der Waals surface area (Å²) < 4.78 is 8.79. The van der Waals surface area contributed by atoms with E-state index in [1.165, 1.54) is 5.56 Å². The topological polar surface area (TPSA) is 63.5 Å². The number of guanidine groups is 1. The third-order valence-corrected chi connectivity index (χ3v) is 4.69. The molecule has 6 nitrogen and oxygen atoms in total. The van der Waals surface area contributed by atoms with Crippen molar-refractivity contribution in [3.63, 3.8) is 0 Å². The highest BCUT2D eigenvalue weighted by Gasteiger charge is 2.11. The van der Waals surface area contributed by atoms with Crippen LogP contribution in [0.25, 0.3) is 0 Å². The molecule has 1 aromatic carbocycles. The molecule has 0 aliphatic rings. The fourth-order valence-corrected chi connectivity index (χ4v) is 2.88. The van der Waals surface area contributed by atoms with Gasteiger partial charge in [0, 0.05) is 31.9 Å². The summed E-state index contributed by atoms with van der Waals surface area (Å²) in [6.07, 6.45) is -0.000820. The van der Waals surface area contributed by atoms with Crippen LogP contribution in [0.4, 0.5) is 0 Å². The Morgan fingerprint density at radius 1 is 1.31 bits per heavy atom. The van der Waals surface area contributed by atoms with E-state index in [0.29, 0.717) is 13.1 Å². The van der Waals surface area contributed by atoms with Crippen LogP contribution in [-0.2, 0) is 13.6 Å². The monoisotopic (exact) mass is 535 g/mol. The predicted octanol–water partition coefficient (Wildman–Crippen LogP) is 3.55. The van der Waals surface area contributed by atoms with E-state index in [4.69, 9.17) is 4.74 Å². The van der Waals surface area contributed by atoms with Crippen LogP contribution in [0, 0.1) is 13.8 Å². The number of aryl methyl sites for hydroxylation is 2. The molecule has 1 unspecified atom stereocenters. The Bertz CT molecular complexity index is 747. The van der Waals surface area contributed by atoms with Gasteiger partial charge in [0.15, 0.2) is 5.96 Å². The molecule has 2 aromatic rings. The molecule has 1 heterocycles. The number of hydrogen-bond acceptors (Lipinski definition) is 3. The van der Waals surface area contributed by atoms with Gasteiger partial charge in [-0.25, -0.2) is 0 Å². The average molecular weight is 536 g/mol. The van der Waals surface area contributed by atoms with Crippen LogP contribution in [0.5, 0.6) is 5.75 Å². The lowest BCUT2D eigenvalue weighted by molar-refractivity contribution is 0.222. The molecule has 0 fully saturated rings. The van der Waals surface area contributed by atoms with Gasteiger partial charge in [0.1, 0.15) is 11.9 Å². The van der Waals surface area contributed by atoms with E-state index in [2.05, 4.69) is 43.6 Å². The van der Waals surface area contributed by atoms with Crippen molar-refractivity contribution in [3.05, 3.63) is 45.7 Å². The van der Waals surface area contributed by atoms with Gasteiger partial charge in [-0.3, -0.25) is 9.67 Å². The second-order valence-corrected chi connectivity index (χ2v) is 6.79. The Hall–Kier alpha value is -1.29. The number of halogens is 2. The Kier molecular flexibility index (Phi) is 9.42. The van der Waals surface area contributed by atoms with E-state index in [-0.39, 0.29) is 30.1 Å². The number of benzene rings is 1. The van der Waals surface area contributed by atoms with E-state index in [0.717, 1.165) is 27.6 Å². The average Bonchev–Trinajstić information content (AvgIpc) is 2.82. The highest BCUT2D eigenvalue weighted by molar-refractivity contribution is 14.0. The summed E-state index contributed by atoms with van der Waals surface area (Å²) in [5, 5.41) is 11.1. The SMILES string of the molecule is CN=C(NCc1c(C)nn(C)c1C)NCC(C)Oc1ccccc1Br.I. The highest BCUT2D eigenvalue weighted by atomic mass is 127. The number of ether oxygens (including phenoxy) is 1. The number of para-hydroxylation sites is 1. The molecule has 8 heteroatoms. The van der Waals surface area contributed by atoms with Crippen molar-refractivity contribution in [1.82, 2.24) is 20.4 Å². The Morgan fingerprint density at radius 3 is 2.58 bits per heavy atom. The zero-order valence-corrected chi connectivity index (χ0v) is 19.8. The maximum absolute atomic E-state index is 5.94. The molecule has 144 valence electrons. The molecular weight excluding hydrogens is 509 g/mol. The summed E-state index contributed by atoms with van der Waals surface area (Å²) in [6.45, 7) is 7.44. The van der Waals surface area contributed by atoms with E-state index in [1.807, 2.05) is 49.8 Å². The summed E-state index contributed by atoms with van der Waals surface area (Å²) in [5.41, 5.74) is 3.39. The van der Waals surface area contributed by atoms with Crippen molar-refractivity contribution in [1.29, 1.82) is 0 Å². The first-order valence-electron chi connectivity index (χ1n) is 8.27. The fourth-order valence-electron chi connectivity index (χ4n) is 2.51. The van der Waals surface area contributed by atoms with Crippen LogP contribution in [0.3, 0.4) is 0 Å². The number of aliphatic imine (C=N–C) groups is 1. The third kappa shape index (κ3) is 6.15. The van der Waals surface area contributed by atoms with Crippen molar-refractivity contribution < 1.29 is 4.74 Å². The molecular formula is C18H27BrIN5O. The predicted molar refractivity (Wildman–Crippen MR) is 121 cm³/mol. The van der Waals surface area contributed by atoms with Gasteiger partial charge in [0.2, 0.25) is 0 Å². The van der Waals surface area contributed by atoms with Crippen molar-refractivity contribution in [2.45, 2.75) is 33.4 Å². The summed E-state index contributed by atoms with van der Waals surface area (Å²) in [6, 6.07) is 7.84. The number of nitrogens with zero attached hydrogens (tertiary/aromatic N) is 3. The maximum atomic E-state index is 5.94. The Balaban J connectivity index is 0.00000338. The molecule has 0 aliphatic heterocycles. The molecule has 0 saturated carbocycles. The number of hydrogen-bond donors (Lipinski definition) is 2. The summed E-state index contributed by atoms with van der Waals surface area (Å²) in [4.78, 5) is 4.27. The molecule has 0 aliphatic carbocycles. The van der Waals surface area contributed by atoms with Gasteiger partial charge in [-0.2, -0.15) is 5.10 Å². The molecule has 2 rings (SSSR count). The van der Waals surface area contributed by atoms with Crippen LogP contribution in [0.1, 0.15) is 23.9 Å². The van der Waals surface area contributed by atoms with Gasteiger partial charge in [-0.05, 0) is 48.8 Å². The van der Waals surface area contributed by atoms with E-state index < -0.39 is 0 Å². The normalized spacial score (nSPS) is 12.3. The minimum Gasteiger partial charge on any atom is -0.488 e. The van der Waals surface area contributed by atoms with Crippen molar-refractivity contribution >= 4 is 45.9 Å². The quantitative estimate of drug-likeness (QED) is 0.337. The molecule has 0 saturated heterocycles. The standard InChI is InChI=1S/C18H26BrN5O.HI/c1-12(25-17-9-7-6-8-16(17)19)10-21-18(20-4)22-11-15-13(2)23-24(5)14(15)3;/h6-9,12H,10-11H2,1-5H3,(H2,20,21,22);1H. The lowest BCUT2D eigenvalue weighted by atomic mass is 10.2. The third-order valence-electron chi connectivity index (χ3n) is 4.04. The Labute approximate surface area is 181 Å². The molecule has 0 radical (unpaired) electrons. The van der Waals surface area contributed by atoms with Crippen molar-refractivity contribution in [3.8, 4) is 5.75 Å². The van der Waals surface area contributed by atoms with E-state index >= 15 is 0 Å². The number of nitrogens with one attached hydrogen (secondary N) is 2. The molecule has 1 aromatic heterocycles. The first-order valence-corrected chi connectivity index (χ1v) is 9.06. The van der Waals surface area contributed by atoms with Gasteiger partial charge in [0.25, 0.3) is 0 Å². The van der Waals surface area contributed by atoms with Crippen molar-refractivity contribution in [2.24, 2.45) is 12.0 Å². The van der Waals surface area contributed by atoms with Crippen LogP contribution < -0.4 is 15.4 Å². The van der Waals surface area contributed by atoms with E-state index in [1.54, 1.807) is 7.05 Å². The van der Waals surface area contributed by atoms with Gasteiger partial charge in [-0.15, -0.1) is 24.0 Å². The van der Waals surface area contributed by atoms with Gasteiger partial charge in [-0.1, -0.05) is 12.1 Å². The second-order valence-electron chi connectivity index (χ2n) is 5.94. The minimum atomic E-state index is -0.000820. The van der Waals surface area contributed by atoms with Gasteiger partial charge in [0.05, 0.1) is 16.7 Å². The largest absolute Gasteiger partial charge is 0.488 e. The molecule has 0 spiro atoms. The zero-order chi connectivity index (χ0) is 18.4. The van der Waals surface area contributed by atoms with E-state index in [9.17, 15) is 0 Å². The summed E-state index contributed by atoms with van der Waals surface area (Å²) >= 11 is 3.50. The smallest absolute Gasteiger partial charge is 0.191 e. The first-order chi connectivity index (χ1) is 11.9. The van der Waals surface area contributed by atoms with Crippen molar-refractivity contribution in [2.75, 3.05) is 13.6 Å². The van der Waals surface area contributed by atoms with Gasteiger partial charge >= 0.3 is 0 Å². The zero-order valence-electron chi connectivity index (χ0n) is 15.8. The lowest BCUT2D eigenvalue weighted by Gasteiger charge is -2.18. The lowest BCUT2D eigenvalue weighted by Crippen LogP contribution is -2.41. The molecule has 26 heavy (non-hydrogen) atoms. The second kappa shape index (κ2) is 10.8. The maximum Gasteiger partial charge on any atom is 0.191 e. The van der Waals surface area contributed by atoms with Gasteiger partial charge < -0.3 is 15.4 Å². The summed E-state index contributed by atoms with van der Waals surface area (Å²) in [7, 11) is 3.72. The fraction of sp³-hybridized carbons (Fsp3) is 0.444. The molecule has 0 bridgehead atoms. The number of rotatable bonds is 6. The summed E-state index contributed by atoms with van der Waals surface area (Å²) in [5.74, 6) is 1.58. The molecule has 0 amide bonds. The van der Waals surface area contributed by atoms with Crippen LogP contribution in [0.2, 0.25) is 0 Å². The van der Waals surface area contributed by atoms with Crippen LogP contribution >= 0.6 is 39.9 Å². The molecule has 2 N–H and O–H groups in total. The highest BCUT2D eigenvalue weighted by Crippen LogP contribution is 2.24. The molecule has 1 atom stereocenters. The van der Waals surface area contributed by atoms with Crippen LogP contribution in [-0.4, -0.2) is 35.4 Å². The Morgan fingerprint density at radius 2 is 2.00 bits per heavy atom. The first kappa shape index (κ1) is 22.8.